The van der Waals surface area contributed by atoms with Gasteiger partial charge in [0.1, 0.15) is 5.82 Å². The van der Waals surface area contributed by atoms with E-state index in [1.165, 1.54) is 18.2 Å². The molecular weight excluding hydrogens is 233 g/mol. The predicted molar refractivity (Wildman–Crippen MR) is 67.4 cm³/mol. The van der Waals surface area contributed by atoms with E-state index in [0.29, 0.717) is 12.1 Å². The van der Waals surface area contributed by atoms with Crippen LogP contribution in [-0.4, -0.2) is 30.4 Å². The number of anilines is 1. The second-order valence-corrected chi connectivity index (χ2v) is 4.18. The summed E-state index contributed by atoms with van der Waals surface area (Å²) in [5.74, 6) is -0.619. The average molecular weight is 249 g/mol. The highest BCUT2D eigenvalue weighted by Gasteiger charge is 2.12. The van der Waals surface area contributed by atoms with Crippen molar-refractivity contribution in [2.75, 3.05) is 18.9 Å². The quantitative estimate of drug-likeness (QED) is 0.868. The Balaban J connectivity index is 2.49. The Morgan fingerprint density at radius 2 is 2.33 bits per heavy atom. The highest BCUT2D eigenvalue weighted by molar-refractivity contribution is 5.92. The second kappa shape index (κ2) is 6.72. The van der Waals surface area contributed by atoms with Gasteiger partial charge in [-0.1, -0.05) is 6.07 Å². The fourth-order valence-electron chi connectivity index (χ4n) is 1.44. The number of rotatable bonds is 5. The van der Waals surface area contributed by atoms with Gasteiger partial charge in [-0.25, -0.2) is 4.39 Å². The maximum absolute atomic E-state index is 12.9. The number of halogens is 1. The summed E-state index contributed by atoms with van der Waals surface area (Å²) in [6.45, 7) is 2.04. The van der Waals surface area contributed by atoms with E-state index < -0.39 is 0 Å². The van der Waals surface area contributed by atoms with Crippen LogP contribution in [0.5, 0.6) is 0 Å². The molecule has 1 rings (SSSR count). The molecule has 1 atom stereocenters. The number of amides is 1. The molecule has 1 aromatic rings. The molecule has 0 bridgehead atoms. The van der Waals surface area contributed by atoms with Gasteiger partial charge in [-0.15, -0.1) is 0 Å². The van der Waals surface area contributed by atoms with Crippen molar-refractivity contribution in [2.24, 2.45) is 0 Å². The Hall–Kier alpha value is -1.93. The molecule has 1 N–H and O–H groups in total. The van der Waals surface area contributed by atoms with E-state index in [0.717, 1.165) is 0 Å². The van der Waals surface area contributed by atoms with Gasteiger partial charge in [0.05, 0.1) is 19.0 Å². The first-order chi connectivity index (χ1) is 8.52. The number of nitrogens with zero attached hydrogens (tertiary/aromatic N) is 2. The average Bonchev–Trinajstić information content (AvgIpc) is 2.28. The minimum Gasteiger partial charge on any atom is -0.325 e. The number of nitriles is 1. The van der Waals surface area contributed by atoms with Gasteiger partial charge in [0.25, 0.3) is 0 Å². The second-order valence-electron chi connectivity index (χ2n) is 4.18. The van der Waals surface area contributed by atoms with Gasteiger partial charge in [-0.05, 0) is 32.2 Å². The van der Waals surface area contributed by atoms with E-state index in [2.05, 4.69) is 11.4 Å². The molecule has 0 radical (unpaired) electrons. The van der Waals surface area contributed by atoms with Crippen LogP contribution >= 0.6 is 0 Å². The van der Waals surface area contributed by atoms with Gasteiger partial charge in [-0.3, -0.25) is 9.69 Å². The molecule has 0 aliphatic rings. The Morgan fingerprint density at radius 1 is 1.61 bits per heavy atom. The zero-order valence-corrected chi connectivity index (χ0v) is 10.5. The normalized spacial score (nSPS) is 11.9. The Labute approximate surface area is 106 Å². The summed E-state index contributed by atoms with van der Waals surface area (Å²) in [5, 5.41) is 11.2. The van der Waals surface area contributed by atoms with Crippen molar-refractivity contribution < 1.29 is 9.18 Å². The monoisotopic (exact) mass is 249 g/mol. The number of carbonyl (C=O) groups is 1. The maximum Gasteiger partial charge on any atom is 0.238 e. The smallest absolute Gasteiger partial charge is 0.238 e. The first-order valence-electron chi connectivity index (χ1n) is 5.65. The zero-order valence-electron chi connectivity index (χ0n) is 10.5. The molecule has 96 valence electrons. The summed E-state index contributed by atoms with van der Waals surface area (Å²) in [6.07, 6.45) is 0.365. The molecule has 0 fully saturated rings. The first-order valence-corrected chi connectivity index (χ1v) is 5.65. The third-order valence-corrected chi connectivity index (χ3v) is 2.64. The van der Waals surface area contributed by atoms with Crippen molar-refractivity contribution in [3.05, 3.63) is 30.1 Å². The van der Waals surface area contributed by atoms with Crippen molar-refractivity contribution in [2.45, 2.75) is 19.4 Å². The molecule has 0 heterocycles. The van der Waals surface area contributed by atoms with E-state index in [4.69, 9.17) is 5.26 Å². The van der Waals surface area contributed by atoms with Gasteiger partial charge in [-0.2, -0.15) is 5.26 Å². The van der Waals surface area contributed by atoms with Gasteiger partial charge >= 0.3 is 0 Å². The van der Waals surface area contributed by atoms with Crippen molar-refractivity contribution >= 4 is 11.6 Å². The molecule has 1 aromatic carbocycles. The summed E-state index contributed by atoms with van der Waals surface area (Å²) in [4.78, 5) is 13.5. The Morgan fingerprint density at radius 3 is 2.94 bits per heavy atom. The van der Waals surface area contributed by atoms with E-state index in [1.54, 1.807) is 18.0 Å². The van der Waals surface area contributed by atoms with Gasteiger partial charge in [0.15, 0.2) is 0 Å². The lowest BCUT2D eigenvalue weighted by Crippen LogP contribution is -2.36. The number of benzene rings is 1. The summed E-state index contributed by atoms with van der Waals surface area (Å²) >= 11 is 0. The van der Waals surface area contributed by atoms with Crippen LogP contribution in [0.4, 0.5) is 10.1 Å². The van der Waals surface area contributed by atoms with Crippen molar-refractivity contribution in [3.8, 4) is 6.07 Å². The van der Waals surface area contributed by atoms with Gasteiger partial charge < -0.3 is 5.32 Å². The fraction of sp³-hybridized carbons (Fsp3) is 0.385. The predicted octanol–water partition coefficient (Wildman–Crippen LogP) is 2.00. The zero-order chi connectivity index (χ0) is 13.5. The number of hydrogen-bond acceptors (Lipinski definition) is 3. The SMILES string of the molecule is CC(CC#N)N(C)CC(=O)Nc1cccc(F)c1. The summed E-state index contributed by atoms with van der Waals surface area (Å²) < 4.78 is 12.9. The highest BCUT2D eigenvalue weighted by atomic mass is 19.1. The molecule has 1 unspecified atom stereocenters. The molecule has 5 heteroatoms. The van der Waals surface area contributed by atoms with Crippen LogP contribution in [0.1, 0.15) is 13.3 Å². The summed E-state index contributed by atoms with van der Waals surface area (Å²) in [7, 11) is 1.77. The third kappa shape index (κ3) is 4.52. The Bertz CT molecular complexity index is 456. The first kappa shape index (κ1) is 14.1. The number of nitrogens with one attached hydrogen (secondary N) is 1. The van der Waals surface area contributed by atoms with Crippen LogP contribution in [0.15, 0.2) is 24.3 Å². The van der Waals surface area contributed by atoms with Crippen molar-refractivity contribution in [1.29, 1.82) is 5.26 Å². The van der Waals surface area contributed by atoms with E-state index in [9.17, 15) is 9.18 Å². The lowest BCUT2D eigenvalue weighted by molar-refractivity contribution is -0.117. The molecule has 0 spiro atoms. The summed E-state index contributed by atoms with van der Waals surface area (Å²) in [5.41, 5.74) is 0.432. The molecule has 0 aromatic heterocycles. The maximum atomic E-state index is 12.9. The summed E-state index contributed by atoms with van der Waals surface area (Å²) in [6, 6.07) is 7.80. The van der Waals surface area contributed by atoms with Crippen LogP contribution in [-0.2, 0) is 4.79 Å². The van der Waals surface area contributed by atoms with Gasteiger partial charge in [0, 0.05) is 11.7 Å². The molecule has 0 aliphatic heterocycles. The van der Waals surface area contributed by atoms with E-state index in [1.807, 2.05) is 6.92 Å². The van der Waals surface area contributed by atoms with Crippen molar-refractivity contribution in [1.82, 2.24) is 4.90 Å². The van der Waals surface area contributed by atoms with E-state index >= 15 is 0 Å². The molecule has 0 saturated heterocycles. The van der Waals surface area contributed by atoms with E-state index in [-0.39, 0.29) is 24.3 Å². The van der Waals surface area contributed by atoms with Crippen LogP contribution in [0.25, 0.3) is 0 Å². The van der Waals surface area contributed by atoms with Crippen LogP contribution < -0.4 is 5.32 Å². The lowest BCUT2D eigenvalue weighted by Gasteiger charge is -2.21. The minimum absolute atomic E-state index is 0.00765. The lowest BCUT2D eigenvalue weighted by atomic mass is 10.2. The highest BCUT2D eigenvalue weighted by Crippen LogP contribution is 2.09. The standard InChI is InChI=1S/C13H16FN3O/c1-10(6-7-15)17(2)9-13(18)16-12-5-3-4-11(14)8-12/h3-5,8,10H,6,9H2,1-2H3,(H,16,18). The minimum atomic E-state index is -0.390. The fourth-order valence-corrected chi connectivity index (χ4v) is 1.44. The molecule has 0 aliphatic carbocycles. The molecule has 0 saturated carbocycles. The number of hydrogen-bond donors (Lipinski definition) is 1. The number of carbonyl (C=O) groups excluding carboxylic acids is 1. The van der Waals surface area contributed by atoms with Crippen molar-refractivity contribution in [3.63, 3.8) is 0 Å². The van der Waals surface area contributed by atoms with Crippen LogP contribution in [0, 0.1) is 17.1 Å². The van der Waals surface area contributed by atoms with Crippen LogP contribution in [0.3, 0.4) is 0 Å². The molecule has 4 nitrogen and oxygen atoms in total. The third-order valence-electron chi connectivity index (χ3n) is 2.64. The Kier molecular flexibility index (Phi) is 5.28. The molecule has 1 amide bonds. The topological polar surface area (TPSA) is 56.1 Å². The van der Waals surface area contributed by atoms with Crippen LogP contribution in [0.2, 0.25) is 0 Å². The molecular formula is C13H16FN3O. The largest absolute Gasteiger partial charge is 0.325 e. The van der Waals surface area contributed by atoms with Gasteiger partial charge in [0.2, 0.25) is 5.91 Å². The number of likely N-dealkylation sites (N-methyl/N-ethyl adjacent to an activating group) is 1. The molecule has 18 heavy (non-hydrogen) atoms.